The van der Waals surface area contributed by atoms with Gasteiger partial charge >= 0.3 is 12.2 Å². The van der Waals surface area contributed by atoms with Crippen LogP contribution in [0.5, 0.6) is 5.75 Å². The molecule has 0 saturated heterocycles. The Morgan fingerprint density at radius 3 is 2.52 bits per heavy atom. The molecule has 1 heterocycles. The van der Waals surface area contributed by atoms with Crippen molar-refractivity contribution < 1.29 is 28.6 Å². The number of amides is 3. The second-order valence-electron chi connectivity index (χ2n) is 10.3. The zero-order valence-corrected chi connectivity index (χ0v) is 24.5. The number of ether oxygens (including phenoxy) is 3. The second kappa shape index (κ2) is 17.3. The van der Waals surface area contributed by atoms with Gasteiger partial charge in [-0.2, -0.15) is 0 Å². The van der Waals surface area contributed by atoms with Gasteiger partial charge in [0.15, 0.2) is 0 Å². The lowest BCUT2D eigenvalue weighted by Gasteiger charge is -2.24. The number of methoxy groups -OCH3 is 1. The van der Waals surface area contributed by atoms with E-state index in [1.54, 1.807) is 27.1 Å². The van der Waals surface area contributed by atoms with Crippen LogP contribution in [0.15, 0.2) is 41.5 Å². The highest BCUT2D eigenvalue weighted by Gasteiger charge is 2.22. The Balaban J connectivity index is 2.29. The minimum absolute atomic E-state index is 0.00630. The fourth-order valence-electron chi connectivity index (χ4n) is 4.72. The Hall–Kier alpha value is -3.37. The first-order valence-corrected chi connectivity index (χ1v) is 14.0. The summed E-state index contributed by atoms with van der Waals surface area (Å²) < 4.78 is 16.7. The largest absolute Gasteiger partial charge is 0.442 e. The molecule has 222 valence electrons. The SMILES string of the molecule is CNCCNC(=O)Oc1cc2cc(c1)NC(=O)/C(C)=C/CC[C@H](C)[C@@H](OC(N)=O)/C(C)=C/CC[C@@H](OC)CCC2. The molecule has 10 heteroatoms. The zero-order chi connectivity index (χ0) is 29.5. The van der Waals surface area contributed by atoms with E-state index < -0.39 is 18.3 Å². The molecule has 3 amide bonds. The van der Waals surface area contributed by atoms with Crippen molar-refractivity contribution >= 4 is 23.8 Å². The predicted octanol–water partition coefficient (Wildman–Crippen LogP) is 4.84. The quantitative estimate of drug-likeness (QED) is 0.289. The molecule has 0 radical (unpaired) electrons. The first-order chi connectivity index (χ1) is 19.1. The first kappa shape index (κ1) is 32.8. The number of nitrogens with two attached hydrogens (primary N) is 1. The van der Waals surface area contributed by atoms with Crippen LogP contribution in [0.25, 0.3) is 0 Å². The van der Waals surface area contributed by atoms with Gasteiger partial charge in [0.1, 0.15) is 11.9 Å². The summed E-state index contributed by atoms with van der Waals surface area (Å²) in [6, 6.07) is 5.38. The molecular weight excluding hydrogens is 512 g/mol. The van der Waals surface area contributed by atoms with Crippen LogP contribution in [0.2, 0.25) is 0 Å². The summed E-state index contributed by atoms with van der Waals surface area (Å²) in [6.45, 7) is 6.78. The number of likely N-dealkylation sites (N-methyl/N-ethyl adjacent to an activating group) is 1. The topological polar surface area (TPSA) is 141 Å². The van der Waals surface area contributed by atoms with Gasteiger partial charge in [-0.15, -0.1) is 0 Å². The number of benzene rings is 1. The van der Waals surface area contributed by atoms with E-state index in [9.17, 15) is 14.4 Å². The predicted molar refractivity (Wildman–Crippen MR) is 156 cm³/mol. The highest BCUT2D eigenvalue weighted by Crippen LogP contribution is 2.26. The van der Waals surface area contributed by atoms with Crippen molar-refractivity contribution in [2.75, 3.05) is 32.6 Å². The van der Waals surface area contributed by atoms with Crippen LogP contribution >= 0.6 is 0 Å². The van der Waals surface area contributed by atoms with Crippen molar-refractivity contribution in [3.8, 4) is 5.75 Å². The van der Waals surface area contributed by atoms with E-state index in [2.05, 4.69) is 22.0 Å². The van der Waals surface area contributed by atoms with Gasteiger partial charge in [0, 0.05) is 37.5 Å². The third-order valence-electron chi connectivity index (χ3n) is 7.00. The molecule has 2 bridgehead atoms. The van der Waals surface area contributed by atoms with E-state index in [1.807, 2.05) is 32.1 Å². The lowest BCUT2D eigenvalue weighted by molar-refractivity contribution is -0.112. The Morgan fingerprint density at radius 1 is 1.07 bits per heavy atom. The average Bonchev–Trinajstić information content (AvgIpc) is 2.90. The van der Waals surface area contributed by atoms with Crippen molar-refractivity contribution in [1.82, 2.24) is 10.6 Å². The number of primary amides is 1. The van der Waals surface area contributed by atoms with Gasteiger partial charge in [-0.25, -0.2) is 9.59 Å². The number of rotatable bonds is 6. The van der Waals surface area contributed by atoms with Gasteiger partial charge in [0.25, 0.3) is 5.91 Å². The number of aryl methyl sites for hydroxylation is 1. The molecular formula is C30H46N4O6. The number of carbonyl (C=O) groups excluding carboxylic acids is 3. The summed E-state index contributed by atoms with van der Waals surface area (Å²) in [7, 11) is 3.51. The Morgan fingerprint density at radius 2 is 1.82 bits per heavy atom. The number of fused-ring (bicyclic) bond motifs is 2. The van der Waals surface area contributed by atoms with Crippen LogP contribution in [0.4, 0.5) is 15.3 Å². The Kier molecular flexibility index (Phi) is 14.2. The van der Waals surface area contributed by atoms with E-state index in [4.69, 9.17) is 19.9 Å². The van der Waals surface area contributed by atoms with E-state index in [1.165, 1.54) is 0 Å². The number of hydrogen-bond donors (Lipinski definition) is 4. The van der Waals surface area contributed by atoms with Crippen LogP contribution in [-0.2, 0) is 20.7 Å². The molecule has 10 nitrogen and oxygen atoms in total. The maximum Gasteiger partial charge on any atom is 0.412 e. The van der Waals surface area contributed by atoms with Gasteiger partial charge in [0.05, 0.1) is 6.10 Å². The molecule has 0 spiro atoms. The first-order valence-electron chi connectivity index (χ1n) is 14.0. The zero-order valence-electron chi connectivity index (χ0n) is 24.5. The number of hydrogen-bond acceptors (Lipinski definition) is 7. The molecule has 0 aromatic heterocycles. The molecule has 1 aliphatic heterocycles. The van der Waals surface area contributed by atoms with Gasteiger partial charge in [-0.1, -0.05) is 19.1 Å². The molecule has 1 aromatic rings. The van der Waals surface area contributed by atoms with Gasteiger partial charge < -0.3 is 35.9 Å². The average molecular weight is 559 g/mol. The van der Waals surface area contributed by atoms with Crippen molar-refractivity contribution in [3.63, 3.8) is 0 Å². The third kappa shape index (κ3) is 11.8. The number of carbonyl (C=O) groups is 3. The van der Waals surface area contributed by atoms with Crippen LogP contribution < -0.4 is 26.4 Å². The molecule has 0 aliphatic carbocycles. The van der Waals surface area contributed by atoms with Gasteiger partial charge in [-0.05, 0) is 95.0 Å². The molecule has 2 rings (SSSR count). The van der Waals surface area contributed by atoms with Gasteiger partial charge in [-0.3, -0.25) is 4.79 Å². The second-order valence-corrected chi connectivity index (χ2v) is 10.3. The smallest absolute Gasteiger partial charge is 0.412 e. The number of nitrogens with one attached hydrogen (secondary N) is 3. The highest BCUT2D eigenvalue weighted by molar-refractivity contribution is 6.03. The Bertz CT molecular complexity index is 1050. The molecule has 3 atom stereocenters. The van der Waals surface area contributed by atoms with Crippen molar-refractivity contribution in [2.24, 2.45) is 11.7 Å². The molecule has 0 unspecified atom stereocenters. The normalized spacial score (nSPS) is 24.0. The number of anilines is 1. The van der Waals surface area contributed by atoms with E-state index in [-0.39, 0.29) is 17.9 Å². The summed E-state index contributed by atoms with van der Waals surface area (Å²) in [5.74, 6) is 0.125. The maximum absolute atomic E-state index is 13.0. The highest BCUT2D eigenvalue weighted by atomic mass is 16.6. The van der Waals surface area contributed by atoms with Crippen LogP contribution in [0.3, 0.4) is 0 Å². The lowest BCUT2D eigenvalue weighted by Crippen LogP contribution is -2.32. The van der Waals surface area contributed by atoms with Crippen molar-refractivity contribution in [3.05, 3.63) is 47.1 Å². The fourth-order valence-corrected chi connectivity index (χ4v) is 4.72. The number of allylic oxidation sites excluding steroid dienone is 2. The van der Waals surface area contributed by atoms with Crippen molar-refractivity contribution in [2.45, 2.75) is 77.9 Å². The van der Waals surface area contributed by atoms with Crippen LogP contribution in [-0.4, -0.2) is 57.5 Å². The van der Waals surface area contributed by atoms with Crippen molar-refractivity contribution in [1.29, 1.82) is 0 Å². The summed E-state index contributed by atoms with van der Waals surface area (Å²) in [6.07, 6.45) is 7.56. The van der Waals surface area contributed by atoms with E-state index in [0.717, 1.165) is 43.2 Å². The monoisotopic (exact) mass is 558 g/mol. The molecule has 1 aliphatic rings. The molecule has 40 heavy (non-hydrogen) atoms. The molecule has 1 aromatic carbocycles. The summed E-state index contributed by atoms with van der Waals surface area (Å²) in [5.41, 5.74) is 8.38. The third-order valence-corrected chi connectivity index (χ3v) is 7.00. The minimum atomic E-state index is -0.801. The summed E-state index contributed by atoms with van der Waals surface area (Å²) >= 11 is 0. The van der Waals surface area contributed by atoms with E-state index in [0.29, 0.717) is 42.9 Å². The van der Waals surface area contributed by atoms with Crippen LogP contribution in [0.1, 0.15) is 64.9 Å². The minimum Gasteiger partial charge on any atom is -0.442 e. The van der Waals surface area contributed by atoms with E-state index >= 15 is 0 Å². The maximum atomic E-state index is 13.0. The van der Waals surface area contributed by atoms with Gasteiger partial charge in [0.2, 0.25) is 0 Å². The Labute approximate surface area is 238 Å². The summed E-state index contributed by atoms with van der Waals surface area (Å²) in [4.78, 5) is 36.8. The molecule has 0 fully saturated rings. The fraction of sp³-hybridized carbons (Fsp3) is 0.567. The lowest BCUT2D eigenvalue weighted by atomic mass is 9.92. The summed E-state index contributed by atoms with van der Waals surface area (Å²) in [5, 5.41) is 8.59. The molecule has 5 N–H and O–H groups in total. The van der Waals surface area contributed by atoms with Crippen LogP contribution in [0, 0.1) is 5.92 Å². The standard InChI is InChI=1S/C30H46N4O6/c1-20-9-6-11-22(3)28(35)34-24-17-23(18-26(19-24)39-30(37)33-16-15-32-4)12-8-14-25(38-5)13-7-10-21(2)27(20)40-29(31)36/h10-11,17-20,25,27,32H,6-9,12-16H2,1-5H3,(H2,31,36)(H,33,37)(H,34,35)/b21-10+,22-11+/t20-,25+,27+/m0/s1. The molecule has 0 saturated carbocycles.